The van der Waals surface area contributed by atoms with E-state index in [0.29, 0.717) is 23.8 Å². The second-order valence-electron chi connectivity index (χ2n) is 7.76. The fourth-order valence-corrected chi connectivity index (χ4v) is 4.15. The van der Waals surface area contributed by atoms with E-state index in [2.05, 4.69) is 10.1 Å². The van der Waals surface area contributed by atoms with Crippen LogP contribution in [-0.4, -0.2) is 34.6 Å². The van der Waals surface area contributed by atoms with Gasteiger partial charge in [-0.2, -0.15) is 4.98 Å². The average Bonchev–Trinajstić information content (AvgIpc) is 3.33. The number of amides is 1. The molecule has 6 nitrogen and oxygen atoms in total. The number of methoxy groups -OCH3 is 1. The van der Waals surface area contributed by atoms with Crippen LogP contribution in [0.2, 0.25) is 0 Å². The third-order valence-electron chi connectivity index (χ3n) is 5.84. The average molecular weight is 413 g/mol. The first-order chi connectivity index (χ1) is 15.2. The molecule has 1 aliphatic heterocycles. The number of likely N-dealkylation sites (tertiary alicyclic amines) is 1. The fourth-order valence-electron chi connectivity index (χ4n) is 4.15. The highest BCUT2D eigenvalue weighted by Gasteiger charge is 2.33. The number of piperidine rings is 1. The normalized spacial score (nSPS) is 16.4. The molecular formula is C25H23N3O3. The van der Waals surface area contributed by atoms with Crippen LogP contribution in [0.25, 0.3) is 22.2 Å². The van der Waals surface area contributed by atoms with Crippen LogP contribution in [0.3, 0.4) is 0 Å². The number of ether oxygens (including phenoxy) is 1. The lowest BCUT2D eigenvalue weighted by Gasteiger charge is -2.33. The van der Waals surface area contributed by atoms with E-state index in [-0.39, 0.29) is 11.9 Å². The molecule has 1 aromatic heterocycles. The molecule has 31 heavy (non-hydrogen) atoms. The van der Waals surface area contributed by atoms with Crippen LogP contribution < -0.4 is 4.74 Å². The van der Waals surface area contributed by atoms with Crippen LogP contribution in [0.15, 0.2) is 71.3 Å². The standard InChI is InChI=1S/C25H23N3O3/c1-30-21-13-11-18(12-14-21)23-26-24(31-27-23)22-8-4-5-15-28(22)25(29)20-10-9-17-6-2-3-7-19(17)16-20/h2-3,6-7,9-14,16,22H,4-5,8,15H2,1H3/t22-/m0/s1. The lowest BCUT2D eigenvalue weighted by molar-refractivity contribution is 0.0561. The Morgan fingerprint density at radius 2 is 1.84 bits per heavy atom. The Labute approximate surface area is 180 Å². The van der Waals surface area contributed by atoms with Gasteiger partial charge in [0.1, 0.15) is 11.8 Å². The zero-order valence-corrected chi connectivity index (χ0v) is 17.3. The quantitative estimate of drug-likeness (QED) is 0.456. The van der Waals surface area contributed by atoms with Gasteiger partial charge < -0.3 is 14.2 Å². The van der Waals surface area contributed by atoms with E-state index in [1.165, 1.54) is 0 Å². The minimum atomic E-state index is -0.216. The highest BCUT2D eigenvalue weighted by Crippen LogP contribution is 2.33. The number of hydrogen-bond donors (Lipinski definition) is 0. The first kappa shape index (κ1) is 19.3. The smallest absolute Gasteiger partial charge is 0.254 e. The van der Waals surface area contributed by atoms with Gasteiger partial charge in [-0.05, 0) is 66.4 Å². The summed E-state index contributed by atoms with van der Waals surface area (Å²) < 4.78 is 10.8. The van der Waals surface area contributed by atoms with E-state index in [9.17, 15) is 4.79 Å². The summed E-state index contributed by atoms with van der Waals surface area (Å²) in [7, 11) is 1.63. The number of fused-ring (bicyclic) bond motifs is 1. The maximum Gasteiger partial charge on any atom is 0.254 e. The molecule has 0 unspecified atom stereocenters. The van der Waals surface area contributed by atoms with Crippen molar-refractivity contribution in [2.24, 2.45) is 0 Å². The predicted octanol–water partition coefficient (Wildman–Crippen LogP) is 5.27. The number of nitrogens with zero attached hydrogens (tertiary/aromatic N) is 3. The van der Waals surface area contributed by atoms with Crippen molar-refractivity contribution in [1.82, 2.24) is 15.0 Å². The molecule has 0 saturated carbocycles. The van der Waals surface area contributed by atoms with E-state index in [1.807, 2.05) is 71.6 Å². The van der Waals surface area contributed by atoms with Gasteiger partial charge in [0.25, 0.3) is 5.91 Å². The third kappa shape index (κ3) is 3.77. The number of carbonyl (C=O) groups excluding carboxylic acids is 1. The van der Waals surface area contributed by atoms with E-state index in [1.54, 1.807) is 7.11 Å². The summed E-state index contributed by atoms with van der Waals surface area (Å²) in [6.07, 6.45) is 2.80. The molecule has 1 fully saturated rings. The highest BCUT2D eigenvalue weighted by molar-refractivity contribution is 5.98. The minimum absolute atomic E-state index is 0.000324. The second kappa shape index (κ2) is 8.22. The number of rotatable bonds is 4. The van der Waals surface area contributed by atoms with Gasteiger partial charge in [-0.3, -0.25) is 4.79 Å². The van der Waals surface area contributed by atoms with Crippen molar-refractivity contribution in [1.29, 1.82) is 0 Å². The van der Waals surface area contributed by atoms with Crippen LogP contribution in [0.1, 0.15) is 41.6 Å². The van der Waals surface area contributed by atoms with Gasteiger partial charge in [0.05, 0.1) is 7.11 Å². The Bertz CT molecular complexity index is 1220. The number of aromatic nitrogens is 2. The van der Waals surface area contributed by atoms with Crippen LogP contribution in [0, 0.1) is 0 Å². The SMILES string of the molecule is COc1ccc(-c2noc([C@@H]3CCCCN3C(=O)c3ccc4ccccc4c3)n2)cc1. The summed E-state index contributed by atoms with van der Waals surface area (Å²) in [5, 5.41) is 6.34. The van der Waals surface area contributed by atoms with Gasteiger partial charge in [-0.15, -0.1) is 0 Å². The van der Waals surface area contributed by atoms with E-state index < -0.39 is 0 Å². The van der Waals surface area contributed by atoms with E-state index >= 15 is 0 Å². The Kier molecular flexibility index (Phi) is 5.12. The number of hydrogen-bond acceptors (Lipinski definition) is 5. The fraction of sp³-hybridized carbons (Fsp3) is 0.240. The molecule has 4 aromatic rings. The van der Waals surface area contributed by atoms with Crippen molar-refractivity contribution in [2.75, 3.05) is 13.7 Å². The summed E-state index contributed by atoms with van der Waals surface area (Å²) in [5.74, 6) is 1.77. The summed E-state index contributed by atoms with van der Waals surface area (Å²) in [6, 6.07) is 21.2. The highest BCUT2D eigenvalue weighted by atomic mass is 16.5. The van der Waals surface area contributed by atoms with Crippen LogP contribution in [0.5, 0.6) is 5.75 Å². The molecule has 1 amide bonds. The third-order valence-corrected chi connectivity index (χ3v) is 5.84. The maximum atomic E-state index is 13.4. The Balaban J connectivity index is 1.42. The molecule has 0 N–H and O–H groups in total. The first-order valence-electron chi connectivity index (χ1n) is 10.5. The predicted molar refractivity (Wildman–Crippen MR) is 118 cm³/mol. The Morgan fingerprint density at radius 3 is 2.65 bits per heavy atom. The largest absolute Gasteiger partial charge is 0.497 e. The first-order valence-corrected chi connectivity index (χ1v) is 10.5. The zero-order valence-electron chi connectivity index (χ0n) is 17.3. The Morgan fingerprint density at radius 1 is 1.03 bits per heavy atom. The van der Waals surface area contributed by atoms with E-state index in [0.717, 1.165) is 41.3 Å². The second-order valence-corrected chi connectivity index (χ2v) is 7.76. The lowest BCUT2D eigenvalue weighted by atomic mass is 9.99. The molecule has 0 spiro atoms. The van der Waals surface area contributed by atoms with Gasteiger partial charge in [0.2, 0.25) is 11.7 Å². The molecule has 1 aliphatic rings. The van der Waals surface area contributed by atoms with Gasteiger partial charge in [0, 0.05) is 17.7 Å². The monoisotopic (exact) mass is 413 g/mol. The molecule has 0 aliphatic carbocycles. The summed E-state index contributed by atoms with van der Waals surface area (Å²) in [5.41, 5.74) is 1.53. The topological polar surface area (TPSA) is 68.5 Å². The molecule has 1 saturated heterocycles. The van der Waals surface area contributed by atoms with Crippen LogP contribution in [-0.2, 0) is 0 Å². The van der Waals surface area contributed by atoms with Crippen molar-refractivity contribution < 1.29 is 14.1 Å². The number of benzene rings is 3. The summed E-state index contributed by atoms with van der Waals surface area (Å²) in [4.78, 5) is 19.9. The van der Waals surface area contributed by atoms with Gasteiger partial charge >= 0.3 is 0 Å². The molecule has 1 atom stereocenters. The molecule has 3 aromatic carbocycles. The minimum Gasteiger partial charge on any atom is -0.497 e. The van der Waals surface area contributed by atoms with Crippen molar-refractivity contribution >= 4 is 16.7 Å². The van der Waals surface area contributed by atoms with Crippen molar-refractivity contribution in [3.8, 4) is 17.1 Å². The van der Waals surface area contributed by atoms with Crippen LogP contribution in [0.4, 0.5) is 0 Å². The lowest BCUT2D eigenvalue weighted by Crippen LogP contribution is -2.38. The number of carbonyl (C=O) groups is 1. The molecular weight excluding hydrogens is 390 g/mol. The molecule has 5 rings (SSSR count). The zero-order chi connectivity index (χ0) is 21.2. The molecule has 2 heterocycles. The van der Waals surface area contributed by atoms with Crippen molar-refractivity contribution in [3.05, 3.63) is 78.2 Å². The summed E-state index contributed by atoms with van der Waals surface area (Å²) in [6.45, 7) is 0.677. The molecule has 156 valence electrons. The van der Waals surface area contributed by atoms with Gasteiger partial charge in [-0.1, -0.05) is 35.5 Å². The Hall–Kier alpha value is -3.67. The van der Waals surface area contributed by atoms with Crippen molar-refractivity contribution in [3.63, 3.8) is 0 Å². The van der Waals surface area contributed by atoms with Gasteiger partial charge in [-0.25, -0.2) is 0 Å². The molecule has 6 heteroatoms. The maximum absolute atomic E-state index is 13.4. The summed E-state index contributed by atoms with van der Waals surface area (Å²) >= 11 is 0. The van der Waals surface area contributed by atoms with Crippen LogP contribution >= 0.6 is 0 Å². The van der Waals surface area contributed by atoms with Gasteiger partial charge in [0.15, 0.2) is 0 Å². The molecule has 0 bridgehead atoms. The van der Waals surface area contributed by atoms with E-state index in [4.69, 9.17) is 9.26 Å². The van der Waals surface area contributed by atoms with Crippen molar-refractivity contribution in [2.45, 2.75) is 25.3 Å². The molecule has 0 radical (unpaired) electrons.